The molecule has 0 bridgehead atoms. The van der Waals surface area contributed by atoms with Gasteiger partial charge >= 0.3 is 5.97 Å². The number of rotatable bonds is 8. The summed E-state index contributed by atoms with van der Waals surface area (Å²) in [7, 11) is 0. The molecule has 0 fully saturated rings. The summed E-state index contributed by atoms with van der Waals surface area (Å²) in [6.07, 6.45) is 0.971. The van der Waals surface area contributed by atoms with Crippen molar-refractivity contribution in [1.82, 2.24) is 9.88 Å². The van der Waals surface area contributed by atoms with Crippen LogP contribution < -0.4 is 5.32 Å². The van der Waals surface area contributed by atoms with Gasteiger partial charge in [-0.05, 0) is 63.4 Å². The molecule has 6 nitrogen and oxygen atoms in total. The van der Waals surface area contributed by atoms with E-state index in [4.69, 9.17) is 4.74 Å². The monoisotopic (exact) mass is 384 g/mol. The van der Waals surface area contributed by atoms with Crippen LogP contribution in [0, 0.1) is 27.7 Å². The van der Waals surface area contributed by atoms with Gasteiger partial charge in [0.2, 0.25) is 5.78 Å². The minimum Gasteiger partial charge on any atom is -0.456 e. The first-order chi connectivity index (χ1) is 13.2. The van der Waals surface area contributed by atoms with Crippen LogP contribution in [0.1, 0.15) is 56.6 Å². The number of nitrogens with zero attached hydrogens (tertiary/aromatic N) is 1. The molecule has 2 rings (SSSR count). The summed E-state index contributed by atoms with van der Waals surface area (Å²) in [5, 5.41) is 2.52. The number of nitrogens with one attached hydrogen (secondary N) is 1. The third-order valence-corrected chi connectivity index (χ3v) is 4.85. The molecule has 0 aliphatic heterocycles. The second kappa shape index (κ2) is 9.35. The van der Waals surface area contributed by atoms with E-state index >= 15 is 0 Å². The zero-order chi connectivity index (χ0) is 20.8. The molecule has 28 heavy (non-hydrogen) atoms. The minimum atomic E-state index is -0.645. The average Bonchev–Trinajstić information content (AvgIpc) is 2.95. The molecule has 1 N–H and O–H groups in total. The van der Waals surface area contributed by atoms with E-state index in [1.165, 1.54) is 0 Å². The van der Waals surface area contributed by atoms with E-state index in [0.29, 0.717) is 11.1 Å². The molecule has 0 unspecified atom stereocenters. The van der Waals surface area contributed by atoms with Crippen molar-refractivity contribution in [3.63, 3.8) is 0 Å². The molecule has 0 atom stereocenters. The van der Waals surface area contributed by atoms with Crippen molar-refractivity contribution in [2.24, 2.45) is 0 Å². The number of Topliss-reactive ketones (excluding diaryl/α,β-unsaturated/α-hetero) is 1. The smallest absolute Gasteiger partial charge is 0.325 e. The van der Waals surface area contributed by atoms with E-state index in [1.54, 1.807) is 12.1 Å². The van der Waals surface area contributed by atoms with Crippen LogP contribution in [0.3, 0.4) is 0 Å². The lowest BCUT2D eigenvalue weighted by molar-refractivity contribution is -0.141. The maximum atomic E-state index is 12.4. The Hall–Kier alpha value is -2.89. The molecule has 6 heteroatoms. The number of hydrogen-bond donors (Lipinski definition) is 1. The number of aryl methyl sites for hydroxylation is 3. The molecule has 1 amide bonds. The fourth-order valence-electron chi connectivity index (χ4n) is 3.06. The highest BCUT2D eigenvalue weighted by Gasteiger charge is 2.17. The standard InChI is InChI=1S/C22H28N2O4/c1-6-9-24-16(4)11-19(17(24)5)20(25)13-28-21(26)12-23-22(27)18-8-7-14(2)15(3)10-18/h7-8,10-11H,6,9,12-13H2,1-5H3,(H,23,27). The van der Waals surface area contributed by atoms with E-state index in [1.807, 2.05) is 39.8 Å². The summed E-state index contributed by atoms with van der Waals surface area (Å²) >= 11 is 0. The minimum absolute atomic E-state index is 0.246. The molecule has 0 aliphatic carbocycles. The summed E-state index contributed by atoms with van der Waals surface area (Å²) in [5.41, 5.74) is 5.03. The first-order valence-corrected chi connectivity index (χ1v) is 9.45. The molecular formula is C22H28N2O4. The lowest BCUT2D eigenvalue weighted by Gasteiger charge is -2.09. The highest BCUT2D eigenvalue weighted by Crippen LogP contribution is 2.16. The summed E-state index contributed by atoms with van der Waals surface area (Å²) < 4.78 is 7.12. The molecular weight excluding hydrogens is 356 g/mol. The van der Waals surface area contributed by atoms with Gasteiger partial charge in [-0.1, -0.05) is 13.0 Å². The maximum absolute atomic E-state index is 12.4. The van der Waals surface area contributed by atoms with Gasteiger partial charge in [-0.3, -0.25) is 14.4 Å². The third kappa shape index (κ3) is 5.09. The fourth-order valence-corrected chi connectivity index (χ4v) is 3.06. The lowest BCUT2D eigenvalue weighted by Crippen LogP contribution is -2.31. The topological polar surface area (TPSA) is 77.4 Å². The van der Waals surface area contributed by atoms with Crippen LogP contribution >= 0.6 is 0 Å². The number of benzene rings is 1. The number of esters is 1. The second-order valence-electron chi connectivity index (χ2n) is 7.00. The van der Waals surface area contributed by atoms with Crippen LogP contribution in [0.5, 0.6) is 0 Å². The van der Waals surface area contributed by atoms with E-state index in [2.05, 4.69) is 16.8 Å². The molecule has 1 aromatic carbocycles. The largest absolute Gasteiger partial charge is 0.456 e. The van der Waals surface area contributed by atoms with Crippen LogP contribution in [-0.4, -0.2) is 35.4 Å². The number of carbonyl (C=O) groups is 3. The summed E-state index contributed by atoms with van der Waals surface area (Å²) in [4.78, 5) is 36.4. The van der Waals surface area contributed by atoms with Crippen molar-refractivity contribution in [3.05, 3.63) is 57.9 Å². The Bertz CT molecular complexity index is 896. The van der Waals surface area contributed by atoms with Gasteiger partial charge in [-0.15, -0.1) is 0 Å². The Labute approximate surface area is 165 Å². The van der Waals surface area contributed by atoms with Gasteiger partial charge in [0.1, 0.15) is 6.54 Å². The molecule has 0 saturated heterocycles. The molecule has 0 saturated carbocycles. The normalized spacial score (nSPS) is 10.6. The maximum Gasteiger partial charge on any atom is 0.325 e. The predicted molar refractivity (Wildman–Crippen MR) is 108 cm³/mol. The zero-order valence-electron chi connectivity index (χ0n) is 17.2. The highest BCUT2D eigenvalue weighted by atomic mass is 16.5. The van der Waals surface area contributed by atoms with Crippen molar-refractivity contribution >= 4 is 17.7 Å². The van der Waals surface area contributed by atoms with Crippen molar-refractivity contribution in [3.8, 4) is 0 Å². The number of aromatic nitrogens is 1. The van der Waals surface area contributed by atoms with Gasteiger partial charge in [0.05, 0.1) is 0 Å². The fraction of sp³-hybridized carbons (Fsp3) is 0.409. The summed E-state index contributed by atoms with van der Waals surface area (Å²) in [6.45, 7) is 10.0. The Balaban J connectivity index is 1.87. The van der Waals surface area contributed by atoms with E-state index in [9.17, 15) is 14.4 Å². The molecule has 0 spiro atoms. The van der Waals surface area contributed by atoms with Crippen LogP contribution in [0.2, 0.25) is 0 Å². The van der Waals surface area contributed by atoms with Gasteiger partial charge < -0.3 is 14.6 Å². The first-order valence-electron chi connectivity index (χ1n) is 9.45. The number of ketones is 1. The Morgan fingerprint density at radius 3 is 2.39 bits per heavy atom. The van der Waals surface area contributed by atoms with Crippen LogP contribution in [0.15, 0.2) is 24.3 Å². The molecule has 2 aromatic rings. The van der Waals surface area contributed by atoms with Crippen molar-refractivity contribution in [2.75, 3.05) is 13.2 Å². The summed E-state index contributed by atoms with van der Waals surface area (Å²) in [6, 6.07) is 7.16. The predicted octanol–water partition coefficient (Wildman–Crippen LogP) is 3.29. The first kappa shape index (κ1) is 21.4. The Morgan fingerprint density at radius 2 is 1.75 bits per heavy atom. The number of ether oxygens (including phenoxy) is 1. The summed E-state index contributed by atoms with van der Waals surface area (Å²) in [5.74, 6) is -1.24. The van der Waals surface area contributed by atoms with Gasteiger partial charge in [-0.25, -0.2) is 0 Å². The van der Waals surface area contributed by atoms with Crippen molar-refractivity contribution in [2.45, 2.75) is 47.6 Å². The van der Waals surface area contributed by atoms with Gasteiger partial charge in [0.25, 0.3) is 5.91 Å². The van der Waals surface area contributed by atoms with E-state index < -0.39 is 5.97 Å². The quantitative estimate of drug-likeness (QED) is 0.560. The third-order valence-electron chi connectivity index (χ3n) is 4.85. The lowest BCUT2D eigenvalue weighted by atomic mass is 10.1. The van der Waals surface area contributed by atoms with Crippen molar-refractivity contribution in [1.29, 1.82) is 0 Å². The molecule has 0 aliphatic rings. The number of carbonyl (C=O) groups excluding carboxylic acids is 3. The molecule has 150 valence electrons. The molecule has 1 aromatic heterocycles. The molecule has 0 radical (unpaired) electrons. The molecule has 1 heterocycles. The highest BCUT2D eigenvalue weighted by molar-refractivity contribution is 6.00. The zero-order valence-corrected chi connectivity index (χ0v) is 17.2. The van der Waals surface area contributed by atoms with Crippen LogP contribution in [-0.2, 0) is 16.1 Å². The van der Waals surface area contributed by atoms with Crippen LogP contribution in [0.25, 0.3) is 0 Å². The number of hydrogen-bond acceptors (Lipinski definition) is 4. The van der Waals surface area contributed by atoms with Gasteiger partial charge in [0.15, 0.2) is 6.61 Å². The van der Waals surface area contributed by atoms with Gasteiger partial charge in [-0.2, -0.15) is 0 Å². The average molecular weight is 384 g/mol. The Morgan fingerprint density at radius 1 is 1.04 bits per heavy atom. The Kier molecular flexibility index (Phi) is 7.15. The second-order valence-corrected chi connectivity index (χ2v) is 7.00. The van der Waals surface area contributed by atoms with E-state index in [0.717, 1.165) is 35.5 Å². The van der Waals surface area contributed by atoms with Crippen LogP contribution in [0.4, 0.5) is 0 Å². The SMILES string of the molecule is CCCn1c(C)cc(C(=O)COC(=O)CNC(=O)c2ccc(C)c(C)c2)c1C. The van der Waals surface area contributed by atoms with E-state index in [-0.39, 0.29) is 24.8 Å². The van der Waals surface area contributed by atoms with Crippen molar-refractivity contribution < 1.29 is 19.1 Å². The number of amides is 1. The van der Waals surface area contributed by atoms with Gasteiger partial charge in [0, 0.05) is 29.1 Å².